The number of hydrogen-bond acceptors (Lipinski definition) is 4. The zero-order chi connectivity index (χ0) is 21.0. The molecule has 0 saturated carbocycles. The summed E-state index contributed by atoms with van der Waals surface area (Å²) in [5.74, 6) is -4.79. The minimum Gasteiger partial charge on any atom is -0.438 e. The molecule has 1 atom stereocenters. The summed E-state index contributed by atoms with van der Waals surface area (Å²) in [6, 6.07) is 0. The average molecular weight is 416 g/mol. The van der Waals surface area contributed by atoms with Gasteiger partial charge in [-0.05, 0) is 18.3 Å². The molecule has 0 aliphatic rings. The Balaban J connectivity index is 5.58. The standard InChI is InChI=1S/C14H22F6O5S/c1-4-5-10(9(2)3)6-7-11(21)25-12(13(15,16)17,14(18,19)20)8-26(22,23)24/h9-10H,4-8H2,1-3H3,(H,22,23,24). The van der Waals surface area contributed by atoms with Crippen LogP contribution in [0.3, 0.4) is 0 Å². The highest BCUT2D eigenvalue weighted by Crippen LogP contribution is 2.47. The third kappa shape index (κ3) is 6.93. The van der Waals surface area contributed by atoms with E-state index < -0.39 is 46.2 Å². The van der Waals surface area contributed by atoms with Gasteiger partial charge in [0, 0.05) is 6.42 Å². The van der Waals surface area contributed by atoms with Gasteiger partial charge in [0.1, 0.15) is 5.75 Å². The second-order valence-corrected chi connectivity index (χ2v) is 7.81. The second-order valence-electron chi connectivity index (χ2n) is 6.35. The van der Waals surface area contributed by atoms with Crippen LogP contribution in [0.1, 0.15) is 46.5 Å². The van der Waals surface area contributed by atoms with Crippen LogP contribution in [0.25, 0.3) is 0 Å². The van der Waals surface area contributed by atoms with Crippen LogP contribution in [-0.2, 0) is 19.6 Å². The molecule has 0 amide bonds. The monoisotopic (exact) mass is 416 g/mol. The van der Waals surface area contributed by atoms with Crippen LogP contribution in [0.5, 0.6) is 0 Å². The van der Waals surface area contributed by atoms with Gasteiger partial charge in [0.25, 0.3) is 10.1 Å². The maximum absolute atomic E-state index is 13.0. The van der Waals surface area contributed by atoms with Crippen molar-refractivity contribution in [3.63, 3.8) is 0 Å². The van der Waals surface area contributed by atoms with Crippen molar-refractivity contribution in [2.75, 3.05) is 5.75 Å². The number of esters is 1. The fourth-order valence-electron chi connectivity index (χ4n) is 2.46. The van der Waals surface area contributed by atoms with E-state index in [0.717, 1.165) is 0 Å². The SMILES string of the molecule is CCCC(CCC(=O)OC(CS(=O)(=O)O)(C(F)(F)F)C(F)(F)F)C(C)C. The molecule has 0 aliphatic carbocycles. The molecule has 0 heterocycles. The van der Waals surface area contributed by atoms with Gasteiger partial charge >= 0.3 is 23.9 Å². The number of ether oxygens (including phenoxy) is 1. The van der Waals surface area contributed by atoms with E-state index >= 15 is 0 Å². The number of alkyl halides is 6. The topological polar surface area (TPSA) is 80.7 Å². The van der Waals surface area contributed by atoms with Gasteiger partial charge in [-0.3, -0.25) is 9.35 Å². The number of rotatable bonds is 9. The molecule has 0 fully saturated rings. The summed E-state index contributed by atoms with van der Waals surface area (Å²) < 4.78 is 112. The molecule has 1 unspecified atom stereocenters. The molecule has 1 N–H and O–H groups in total. The Morgan fingerprint density at radius 3 is 1.81 bits per heavy atom. The van der Waals surface area contributed by atoms with E-state index in [1.807, 2.05) is 6.92 Å². The molecule has 0 spiro atoms. The maximum Gasteiger partial charge on any atom is 0.438 e. The van der Waals surface area contributed by atoms with Gasteiger partial charge in [-0.15, -0.1) is 0 Å². The highest BCUT2D eigenvalue weighted by molar-refractivity contribution is 7.85. The van der Waals surface area contributed by atoms with Crippen molar-refractivity contribution in [3.05, 3.63) is 0 Å². The van der Waals surface area contributed by atoms with E-state index in [0.29, 0.717) is 12.8 Å². The molecule has 12 heteroatoms. The van der Waals surface area contributed by atoms with Crippen LogP contribution in [-0.4, -0.2) is 42.6 Å². The smallest absolute Gasteiger partial charge is 0.438 e. The van der Waals surface area contributed by atoms with Gasteiger partial charge in [0.2, 0.25) is 0 Å². The molecule has 0 aromatic rings. The Labute approximate surface area is 147 Å². The summed E-state index contributed by atoms with van der Waals surface area (Å²) in [6.07, 6.45) is -12.0. The summed E-state index contributed by atoms with van der Waals surface area (Å²) >= 11 is 0. The van der Waals surface area contributed by atoms with Crippen LogP contribution in [0, 0.1) is 11.8 Å². The molecule has 0 bridgehead atoms. The molecule has 0 aromatic heterocycles. The van der Waals surface area contributed by atoms with Gasteiger partial charge in [0.05, 0.1) is 0 Å². The fourth-order valence-corrected chi connectivity index (χ4v) is 3.36. The lowest BCUT2D eigenvalue weighted by Crippen LogP contribution is -2.63. The Morgan fingerprint density at radius 2 is 1.50 bits per heavy atom. The Hall–Kier alpha value is -1.04. The molecule has 26 heavy (non-hydrogen) atoms. The van der Waals surface area contributed by atoms with E-state index in [4.69, 9.17) is 4.55 Å². The van der Waals surface area contributed by atoms with Crippen molar-refractivity contribution >= 4 is 16.1 Å². The first-order valence-electron chi connectivity index (χ1n) is 7.77. The van der Waals surface area contributed by atoms with E-state index in [-0.39, 0.29) is 18.3 Å². The summed E-state index contributed by atoms with van der Waals surface area (Å²) in [5.41, 5.74) is -5.33. The molecular weight excluding hydrogens is 394 g/mol. The summed E-state index contributed by atoms with van der Waals surface area (Å²) in [7, 11) is -5.76. The lowest BCUT2D eigenvalue weighted by atomic mass is 9.87. The van der Waals surface area contributed by atoms with Crippen molar-refractivity contribution in [2.24, 2.45) is 11.8 Å². The predicted octanol–water partition coefficient (Wildman–Crippen LogP) is 4.13. The van der Waals surface area contributed by atoms with Gasteiger partial charge < -0.3 is 4.74 Å². The quantitative estimate of drug-likeness (QED) is 0.347. The highest BCUT2D eigenvalue weighted by Gasteiger charge is 2.75. The largest absolute Gasteiger partial charge is 0.438 e. The summed E-state index contributed by atoms with van der Waals surface area (Å²) in [5, 5.41) is 0. The van der Waals surface area contributed by atoms with Gasteiger partial charge in [-0.25, -0.2) is 0 Å². The van der Waals surface area contributed by atoms with Gasteiger partial charge in [0.15, 0.2) is 0 Å². The van der Waals surface area contributed by atoms with E-state index in [9.17, 15) is 39.6 Å². The minimum absolute atomic E-state index is 0.0119. The Kier molecular flexibility index (Phi) is 8.41. The molecule has 156 valence electrons. The molecule has 0 rings (SSSR count). The summed E-state index contributed by atoms with van der Waals surface area (Å²) in [4.78, 5) is 11.7. The molecule has 0 aromatic carbocycles. The van der Waals surface area contributed by atoms with E-state index in [1.54, 1.807) is 13.8 Å². The van der Waals surface area contributed by atoms with Crippen LogP contribution in [0.15, 0.2) is 0 Å². The first-order chi connectivity index (χ1) is 11.5. The summed E-state index contributed by atoms with van der Waals surface area (Å²) in [6.45, 7) is 5.41. The van der Waals surface area contributed by atoms with Crippen molar-refractivity contribution in [1.82, 2.24) is 0 Å². The first kappa shape index (κ1) is 25.0. The fraction of sp³-hybridized carbons (Fsp3) is 0.929. The van der Waals surface area contributed by atoms with Gasteiger partial charge in [-0.2, -0.15) is 34.8 Å². The zero-order valence-electron chi connectivity index (χ0n) is 14.4. The van der Waals surface area contributed by atoms with Crippen LogP contribution >= 0.6 is 0 Å². The van der Waals surface area contributed by atoms with Gasteiger partial charge in [-0.1, -0.05) is 33.6 Å². The number of halogens is 6. The minimum atomic E-state index is -6.29. The van der Waals surface area contributed by atoms with Crippen molar-refractivity contribution in [1.29, 1.82) is 0 Å². The van der Waals surface area contributed by atoms with E-state index in [1.165, 1.54) is 0 Å². The van der Waals surface area contributed by atoms with Crippen molar-refractivity contribution in [3.8, 4) is 0 Å². The van der Waals surface area contributed by atoms with Crippen LogP contribution in [0.4, 0.5) is 26.3 Å². The number of hydrogen-bond donors (Lipinski definition) is 1. The van der Waals surface area contributed by atoms with Crippen LogP contribution in [0.2, 0.25) is 0 Å². The Bertz CT molecular complexity index is 553. The second kappa shape index (κ2) is 8.77. The van der Waals surface area contributed by atoms with E-state index in [2.05, 4.69) is 4.74 Å². The van der Waals surface area contributed by atoms with Crippen molar-refractivity contribution in [2.45, 2.75) is 64.4 Å². The normalized spacial score (nSPS) is 15.2. The Morgan fingerprint density at radius 1 is 1.04 bits per heavy atom. The molecule has 0 radical (unpaired) electrons. The third-order valence-corrected chi connectivity index (χ3v) is 4.68. The predicted molar refractivity (Wildman–Crippen MR) is 79.8 cm³/mol. The average Bonchev–Trinajstić information content (AvgIpc) is 2.38. The lowest BCUT2D eigenvalue weighted by Gasteiger charge is -2.35. The number of carbonyl (C=O) groups is 1. The molecule has 5 nitrogen and oxygen atoms in total. The highest BCUT2D eigenvalue weighted by atomic mass is 32.2. The zero-order valence-corrected chi connectivity index (χ0v) is 15.3. The van der Waals surface area contributed by atoms with Crippen molar-refractivity contribution < 1.29 is 48.8 Å². The first-order valence-corrected chi connectivity index (χ1v) is 9.38. The molecular formula is C14H22F6O5S. The maximum atomic E-state index is 13.0. The molecule has 0 saturated heterocycles. The molecule has 0 aliphatic heterocycles. The van der Waals surface area contributed by atoms with Crippen LogP contribution < -0.4 is 0 Å². The number of carbonyl (C=O) groups excluding carboxylic acids is 1. The lowest BCUT2D eigenvalue weighted by molar-refractivity contribution is -0.361. The third-order valence-electron chi connectivity index (χ3n) is 3.91.